The first-order chi connectivity index (χ1) is 13.7. The highest BCUT2D eigenvalue weighted by molar-refractivity contribution is 7.12. The standard InChI is InChI=1S/C22H18N4OS/c1-16-7-5-8-17(13-16)21-18(14-23-24-22(27)20-11-6-12-28-20)15-26(25-21)19-9-3-2-4-10-19/h2-15H,1H3,(H,24,27). The number of aryl methyl sites for hydroxylation is 1. The van der Waals surface area contributed by atoms with Crippen molar-refractivity contribution in [2.75, 3.05) is 0 Å². The highest BCUT2D eigenvalue weighted by atomic mass is 32.1. The Morgan fingerprint density at radius 2 is 1.96 bits per heavy atom. The number of hydrazone groups is 1. The third-order valence-electron chi connectivity index (χ3n) is 4.17. The van der Waals surface area contributed by atoms with Crippen LogP contribution in [0.3, 0.4) is 0 Å². The second-order valence-electron chi connectivity index (χ2n) is 6.26. The van der Waals surface area contributed by atoms with Crippen LogP contribution < -0.4 is 5.43 Å². The summed E-state index contributed by atoms with van der Waals surface area (Å²) in [6, 6.07) is 21.7. The molecule has 0 fully saturated rings. The van der Waals surface area contributed by atoms with Gasteiger partial charge in [-0.25, -0.2) is 10.1 Å². The van der Waals surface area contributed by atoms with Gasteiger partial charge in [-0.1, -0.05) is 48.0 Å². The van der Waals surface area contributed by atoms with E-state index in [-0.39, 0.29) is 5.91 Å². The fourth-order valence-electron chi connectivity index (χ4n) is 2.83. The third kappa shape index (κ3) is 3.92. The van der Waals surface area contributed by atoms with E-state index in [4.69, 9.17) is 5.10 Å². The van der Waals surface area contributed by atoms with E-state index in [1.54, 1.807) is 12.3 Å². The molecule has 0 spiro atoms. The molecule has 0 aliphatic rings. The van der Waals surface area contributed by atoms with Crippen molar-refractivity contribution in [3.8, 4) is 16.9 Å². The summed E-state index contributed by atoms with van der Waals surface area (Å²) in [7, 11) is 0. The summed E-state index contributed by atoms with van der Waals surface area (Å²) in [5, 5.41) is 10.8. The van der Waals surface area contributed by atoms with Crippen molar-refractivity contribution in [3.05, 3.63) is 94.3 Å². The lowest BCUT2D eigenvalue weighted by Gasteiger charge is -2.01. The molecule has 0 radical (unpaired) electrons. The topological polar surface area (TPSA) is 59.3 Å². The number of nitrogens with one attached hydrogen (secondary N) is 1. The van der Waals surface area contributed by atoms with E-state index in [2.05, 4.69) is 16.6 Å². The van der Waals surface area contributed by atoms with Crippen LogP contribution in [0.25, 0.3) is 16.9 Å². The van der Waals surface area contributed by atoms with Crippen molar-refractivity contribution in [1.29, 1.82) is 0 Å². The van der Waals surface area contributed by atoms with Crippen molar-refractivity contribution in [2.24, 2.45) is 5.10 Å². The maximum absolute atomic E-state index is 12.1. The van der Waals surface area contributed by atoms with Gasteiger partial charge in [0.25, 0.3) is 5.91 Å². The largest absolute Gasteiger partial charge is 0.281 e. The minimum atomic E-state index is -0.223. The van der Waals surface area contributed by atoms with Crippen molar-refractivity contribution in [3.63, 3.8) is 0 Å². The Labute approximate surface area is 167 Å². The first-order valence-electron chi connectivity index (χ1n) is 8.80. The number of hydrogen-bond acceptors (Lipinski definition) is 4. The maximum Gasteiger partial charge on any atom is 0.281 e. The van der Waals surface area contributed by atoms with Gasteiger partial charge in [-0.05, 0) is 36.6 Å². The van der Waals surface area contributed by atoms with Gasteiger partial charge in [-0.15, -0.1) is 11.3 Å². The Morgan fingerprint density at radius 3 is 2.71 bits per heavy atom. The fraction of sp³-hybridized carbons (Fsp3) is 0.0455. The normalized spacial score (nSPS) is 11.0. The van der Waals surface area contributed by atoms with E-state index in [0.717, 1.165) is 28.1 Å². The molecule has 138 valence electrons. The minimum absolute atomic E-state index is 0.223. The molecule has 0 saturated heterocycles. The molecule has 1 amide bonds. The summed E-state index contributed by atoms with van der Waals surface area (Å²) < 4.78 is 1.82. The lowest BCUT2D eigenvalue weighted by Crippen LogP contribution is -2.16. The molecule has 28 heavy (non-hydrogen) atoms. The quantitative estimate of drug-likeness (QED) is 0.400. The molecule has 2 aromatic carbocycles. The van der Waals surface area contributed by atoms with Crippen molar-refractivity contribution < 1.29 is 4.79 Å². The van der Waals surface area contributed by atoms with Crippen LogP contribution in [0, 0.1) is 6.92 Å². The van der Waals surface area contributed by atoms with Crippen LogP contribution in [0.1, 0.15) is 20.8 Å². The van der Waals surface area contributed by atoms with E-state index in [0.29, 0.717) is 4.88 Å². The van der Waals surface area contributed by atoms with Gasteiger partial charge in [0.1, 0.15) is 5.69 Å². The molecular formula is C22H18N4OS. The summed E-state index contributed by atoms with van der Waals surface area (Å²) in [5.74, 6) is -0.223. The van der Waals surface area contributed by atoms with E-state index in [1.165, 1.54) is 11.3 Å². The molecule has 1 N–H and O–H groups in total. The average Bonchev–Trinajstić information content (AvgIpc) is 3.39. The van der Waals surface area contributed by atoms with Gasteiger partial charge in [0, 0.05) is 17.3 Å². The van der Waals surface area contributed by atoms with E-state index < -0.39 is 0 Å². The molecule has 2 heterocycles. The summed E-state index contributed by atoms with van der Waals surface area (Å²) in [6.45, 7) is 2.05. The van der Waals surface area contributed by atoms with Gasteiger partial charge in [-0.3, -0.25) is 4.79 Å². The molecule has 0 atom stereocenters. The zero-order valence-corrected chi connectivity index (χ0v) is 16.1. The molecule has 4 rings (SSSR count). The minimum Gasteiger partial charge on any atom is -0.266 e. The summed E-state index contributed by atoms with van der Waals surface area (Å²) in [4.78, 5) is 12.7. The maximum atomic E-state index is 12.1. The number of rotatable bonds is 5. The smallest absolute Gasteiger partial charge is 0.266 e. The Morgan fingerprint density at radius 1 is 1.11 bits per heavy atom. The number of amides is 1. The van der Waals surface area contributed by atoms with Gasteiger partial charge >= 0.3 is 0 Å². The summed E-state index contributed by atoms with van der Waals surface area (Å²) >= 11 is 1.38. The third-order valence-corrected chi connectivity index (χ3v) is 5.04. The average molecular weight is 386 g/mol. The molecule has 6 heteroatoms. The summed E-state index contributed by atoms with van der Waals surface area (Å²) in [6.07, 6.45) is 3.55. The van der Waals surface area contributed by atoms with Gasteiger partial charge in [0.05, 0.1) is 16.8 Å². The van der Waals surface area contributed by atoms with E-state index in [1.807, 2.05) is 77.8 Å². The lowest BCUT2D eigenvalue weighted by atomic mass is 10.1. The number of hydrogen-bond donors (Lipinski definition) is 1. The number of thiophene rings is 1. The van der Waals surface area contributed by atoms with Crippen LogP contribution in [-0.4, -0.2) is 21.9 Å². The first-order valence-corrected chi connectivity index (χ1v) is 9.68. The Kier molecular flexibility index (Phi) is 5.12. The Hall–Kier alpha value is -3.51. The van der Waals surface area contributed by atoms with Crippen LogP contribution in [0.2, 0.25) is 0 Å². The fourth-order valence-corrected chi connectivity index (χ4v) is 3.45. The number of carbonyl (C=O) groups excluding carboxylic acids is 1. The van der Waals surface area contributed by atoms with Gasteiger partial charge in [0.2, 0.25) is 0 Å². The predicted molar refractivity (Wildman–Crippen MR) is 113 cm³/mol. The monoisotopic (exact) mass is 386 g/mol. The first kappa shape index (κ1) is 17.9. The highest BCUT2D eigenvalue weighted by Gasteiger charge is 2.12. The number of para-hydroxylation sites is 1. The molecule has 4 aromatic rings. The molecule has 0 saturated carbocycles. The van der Waals surface area contributed by atoms with Crippen molar-refractivity contribution >= 4 is 23.5 Å². The SMILES string of the molecule is Cc1cccc(-c2nn(-c3ccccc3)cc2C=NNC(=O)c2cccs2)c1. The lowest BCUT2D eigenvalue weighted by molar-refractivity contribution is 0.0959. The number of aromatic nitrogens is 2. The number of carbonyl (C=O) groups is 1. The van der Waals surface area contributed by atoms with E-state index >= 15 is 0 Å². The van der Waals surface area contributed by atoms with Crippen LogP contribution in [0.5, 0.6) is 0 Å². The second kappa shape index (κ2) is 8.02. The number of benzene rings is 2. The van der Waals surface area contributed by atoms with Crippen molar-refractivity contribution in [1.82, 2.24) is 15.2 Å². The van der Waals surface area contributed by atoms with Crippen LogP contribution in [0.15, 0.2) is 83.4 Å². The molecule has 0 aliphatic carbocycles. The Balaban J connectivity index is 1.67. The number of nitrogens with zero attached hydrogens (tertiary/aromatic N) is 3. The zero-order chi connectivity index (χ0) is 19.3. The zero-order valence-electron chi connectivity index (χ0n) is 15.2. The molecule has 0 aliphatic heterocycles. The van der Waals surface area contributed by atoms with E-state index in [9.17, 15) is 4.79 Å². The molecule has 0 bridgehead atoms. The van der Waals surface area contributed by atoms with Crippen LogP contribution in [-0.2, 0) is 0 Å². The van der Waals surface area contributed by atoms with Gasteiger partial charge in [-0.2, -0.15) is 10.2 Å². The molecular weight excluding hydrogens is 368 g/mol. The van der Waals surface area contributed by atoms with Gasteiger partial charge < -0.3 is 0 Å². The van der Waals surface area contributed by atoms with Crippen LogP contribution >= 0.6 is 11.3 Å². The van der Waals surface area contributed by atoms with Gasteiger partial charge in [0.15, 0.2) is 0 Å². The Bertz CT molecular complexity index is 1110. The predicted octanol–water partition coefficient (Wildman–Crippen LogP) is 4.67. The highest BCUT2D eigenvalue weighted by Crippen LogP contribution is 2.23. The molecule has 2 aromatic heterocycles. The molecule has 0 unspecified atom stereocenters. The summed E-state index contributed by atoms with van der Waals surface area (Å²) in [5.41, 5.74) is 7.32. The second-order valence-corrected chi connectivity index (χ2v) is 7.21. The van der Waals surface area contributed by atoms with Crippen molar-refractivity contribution in [2.45, 2.75) is 6.92 Å². The molecule has 5 nitrogen and oxygen atoms in total. The van der Waals surface area contributed by atoms with Crippen LogP contribution in [0.4, 0.5) is 0 Å².